The van der Waals surface area contributed by atoms with Gasteiger partial charge in [0.1, 0.15) is 0 Å². The summed E-state index contributed by atoms with van der Waals surface area (Å²) in [6, 6.07) is 0. The molecule has 0 bridgehead atoms. The predicted molar refractivity (Wildman–Crippen MR) is 183 cm³/mol. The van der Waals surface area contributed by atoms with Crippen LogP contribution >= 0.6 is 7.82 Å². The Bertz CT molecular complexity index is 539. The highest BCUT2D eigenvalue weighted by Crippen LogP contribution is 2.25. The Morgan fingerprint density at radius 1 is 0.405 bits per heavy atom. The number of unbranched alkanes of at least 4 members (excludes halogenated alkanes) is 28. The van der Waals surface area contributed by atoms with Crippen LogP contribution in [0.3, 0.4) is 0 Å². The summed E-state index contributed by atoms with van der Waals surface area (Å²) in [5.74, 6) is 0. The van der Waals surface area contributed by atoms with Crippen LogP contribution < -0.4 is 0 Å². The number of hydrogen-bond donors (Lipinski definition) is 3. The van der Waals surface area contributed by atoms with Crippen molar-refractivity contribution in [2.45, 2.75) is 206 Å². The van der Waals surface area contributed by atoms with E-state index in [1.54, 1.807) is 0 Å². The van der Waals surface area contributed by atoms with E-state index < -0.39 is 7.82 Å². The molecule has 5 nitrogen and oxygen atoms in total. The zero-order valence-electron chi connectivity index (χ0n) is 28.1. The Hall–Kier alpha value is -0.610. The van der Waals surface area contributed by atoms with Crippen molar-refractivity contribution < 1.29 is 24.0 Å². The highest BCUT2D eigenvalue weighted by molar-refractivity contribution is 7.45. The van der Waals surface area contributed by atoms with Crippen molar-refractivity contribution >= 4 is 7.82 Å². The first-order valence-electron chi connectivity index (χ1n) is 18.2. The summed E-state index contributed by atoms with van der Waals surface area (Å²) in [5.41, 5.74) is 0. The lowest BCUT2D eigenvalue weighted by Gasteiger charge is -2.03. The fourth-order valence-corrected chi connectivity index (χ4v) is 5.21. The molecule has 0 rings (SSSR count). The molecule has 3 N–H and O–H groups in total. The molecule has 0 atom stereocenters. The van der Waals surface area contributed by atoms with Gasteiger partial charge in [0.15, 0.2) is 0 Å². The fourth-order valence-electron chi connectivity index (χ4n) is 5.21. The van der Waals surface area contributed by atoms with Gasteiger partial charge in [-0.15, -0.1) is 0 Å². The highest BCUT2D eigenvalue weighted by atomic mass is 31.2. The van der Waals surface area contributed by atoms with Crippen molar-refractivity contribution in [1.29, 1.82) is 0 Å². The molecular formula is C36H73O5P. The minimum Gasteiger partial charge on any atom is -0.473 e. The van der Waals surface area contributed by atoms with E-state index in [9.17, 15) is 0 Å². The molecule has 42 heavy (non-hydrogen) atoms. The van der Waals surface area contributed by atoms with Gasteiger partial charge in [-0.25, -0.2) is 4.57 Å². The van der Waals surface area contributed by atoms with Crippen LogP contribution in [-0.2, 0) is 9.30 Å². The number of phosphoric acid groups is 1. The third-order valence-corrected chi connectivity index (χ3v) is 7.80. The van der Waals surface area contributed by atoms with Crippen molar-refractivity contribution in [2.75, 3.05) is 0 Å². The van der Waals surface area contributed by atoms with Gasteiger partial charge in [-0.2, -0.15) is 0 Å². The van der Waals surface area contributed by atoms with Gasteiger partial charge in [0, 0.05) is 0 Å². The van der Waals surface area contributed by atoms with Crippen molar-refractivity contribution in [3.8, 4) is 0 Å². The van der Waals surface area contributed by atoms with E-state index in [0.717, 1.165) is 12.8 Å². The molecule has 0 saturated carbocycles. The molecule has 0 amide bonds. The molecule has 0 radical (unpaired) electrons. The van der Waals surface area contributed by atoms with Crippen LogP contribution in [0.25, 0.3) is 0 Å². The SMILES string of the molecule is CCCCCCCCCCCCCCCCC=COC=CCCCCCCCCCCCCCCCC.O=P(O)(O)O. The Labute approximate surface area is 262 Å². The molecule has 0 unspecified atom stereocenters. The first kappa shape index (κ1) is 43.5. The van der Waals surface area contributed by atoms with E-state index in [2.05, 4.69) is 26.0 Å². The lowest BCUT2D eigenvalue weighted by atomic mass is 10.0. The molecule has 0 heterocycles. The Morgan fingerprint density at radius 2 is 0.595 bits per heavy atom. The molecule has 0 fully saturated rings. The van der Waals surface area contributed by atoms with Crippen LogP contribution in [0.4, 0.5) is 0 Å². The third kappa shape index (κ3) is 52.1. The number of allylic oxidation sites excluding steroid dienone is 2. The summed E-state index contributed by atoms with van der Waals surface area (Å²) in [7, 11) is -4.64. The predicted octanol–water partition coefficient (Wildman–Crippen LogP) is 12.8. The first-order chi connectivity index (χ1) is 20.4. The van der Waals surface area contributed by atoms with Gasteiger partial charge in [0.05, 0.1) is 12.5 Å². The summed E-state index contributed by atoms with van der Waals surface area (Å²) < 4.78 is 14.4. The largest absolute Gasteiger partial charge is 0.473 e. The Kier molecular flexibility index (Phi) is 39.8. The van der Waals surface area contributed by atoms with Gasteiger partial charge in [0.2, 0.25) is 0 Å². The average molecular weight is 617 g/mol. The van der Waals surface area contributed by atoms with Gasteiger partial charge < -0.3 is 19.4 Å². The van der Waals surface area contributed by atoms with Crippen LogP contribution in [-0.4, -0.2) is 14.7 Å². The standard InChI is InChI=1S/C36H70O.H3O4P/c1-3-5-7-9-11-13-15-17-19-21-23-25-27-29-31-33-35-37-36-34-32-30-28-26-24-22-20-18-16-14-12-10-8-6-4-2;1-5(2,3)4/h33-36H,3-32H2,1-2H3;(H3,1,2,3,4). The summed E-state index contributed by atoms with van der Waals surface area (Å²) in [6.45, 7) is 4.60. The molecule has 0 aliphatic carbocycles. The summed E-state index contributed by atoms with van der Waals surface area (Å²) >= 11 is 0. The zero-order valence-corrected chi connectivity index (χ0v) is 29.0. The topological polar surface area (TPSA) is 87.0 Å². The van der Waals surface area contributed by atoms with Crippen LogP contribution in [0.5, 0.6) is 0 Å². The monoisotopic (exact) mass is 617 g/mol. The second kappa shape index (κ2) is 38.4. The van der Waals surface area contributed by atoms with Crippen LogP contribution in [0.2, 0.25) is 0 Å². The third-order valence-electron chi connectivity index (χ3n) is 7.80. The van der Waals surface area contributed by atoms with E-state index in [4.69, 9.17) is 24.0 Å². The van der Waals surface area contributed by atoms with Gasteiger partial charge >= 0.3 is 7.82 Å². The lowest BCUT2D eigenvalue weighted by Crippen LogP contribution is -1.83. The number of ether oxygens (including phenoxy) is 1. The minimum atomic E-state index is -4.64. The maximum atomic E-state index is 8.88. The van der Waals surface area contributed by atoms with Crippen molar-refractivity contribution in [1.82, 2.24) is 0 Å². The van der Waals surface area contributed by atoms with Gasteiger partial charge in [0.25, 0.3) is 0 Å². The Morgan fingerprint density at radius 3 is 0.810 bits per heavy atom. The fraction of sp³-hybridized carbons (Fsp3) is 0.889. The second-order valence-electron chi connectivity index (χ2n) is 12.2. The number of hydrogen-bond acceptors (Lipinski definition) is 2. The van der Waals surface area contributed by atoms with Crippen molar-refractivity contribution in [3.05, 3.63) is 24.7 Å². The Balaban J connectivity index is 0. The van der Waals surface area contributed by atoms with E-state index in [1.165, 1.54) is 180 Å². The zero-order chi connectivity index (χ0) is 31.2. The van der Waals surface area contributed by atoms with E-state index in [1.807, 2.05) is 12.5 Å². The molecule has 252 valence electrons. The maximum Gasteiger partial charge on any atom is 0.466 e. The van der Waals surface area contributed by atoms with Gasteiger partial charge in [-0.05, 0) is 37.8 Å². The van der Waals surface area contributed by atoms with E-state index in [-0.39, 0.29) is 0 Å². The van der Waals surface area contributed by atoms with Gasteiger partial charge in [-0.1, -0.05) is 181 Å². The van der Waals surface area contributed by atoms with Crippen LogP contribution in [0.15, 0.2) is 24.7 Å². The normalized spacial score (nSPS) is 11.8. The summed E-state index contributed by atoms with van der Waals surface area (Å²) in [4.78, 5) is 21.6. The molecular weight excluding hydrogens is 543 g/mol. The molecule has 0 aromatic rings. The molecule has 0 aromatic carbocycles. The minimum absolute atomic E-state index is 1.16. The van der Waals surface area contributed by atoms with Crippen molar-refractivity contribution in [3.63, 3.8) is 0 Å². The summed E-state index contributed by atoms with van der Waals surface area (Å²) in [5, 5.41) is 0. The highest BCUT2D eigenvalue weighted by Gasteiger charge is 2.00. The molecule has 0 spiro atoms. The van der Waals surface area contributed by atoms with Gasteiger partial charge in [-0.3, -0.25) is 0 Å². The van der Waals surface area contributed by atoms with Crippen molar-refractivity contribution in [2.24, 2.45) is 0 Å². The molecule has 0 saturated heterocycles. The van der Waals surface area contributed by atoms with Crippen LogP contribution in [0.1, 0.15) is 206 Å². The first-order valence-corrected chi connectivity index (χ1v) is 19.7. The maximum absolute atomic E-state index is 8.88. The lowest BCUT2D eigenvalue weighted by molar-refractivity contribution is 0.275. The molecule has 0 aliphatic rings. The second-order valence-corrected chi connectivity index (χ2v) is 13.2. The molecule has 6 heteroatoms. The molecule has 0 aromatic heterocycles. The summed E-state index contributed by atoms with van der Waals surface area (Å²) in [6.07, 6.45) is 50.4. The smallest absolute Gasteiger partial charge is 0.466 e. The average Bonchev–Trinajstić information content (AvgIpc) is 2.94. The van der Waals surface area contributed by atoms with Crippen LogP contribution in [0, 0.1) is 0 Å². The molecule has 0 aliphatic heterocycles. The number of rotatable bonds is 32. The van der Waals surface area contributed by atoms with E-state index >= 15 is 0 Å². The quantitative estimate of drug-likeness (QED) is 0.0397. The van der Waals surface area contributed by atoms with E-state index in [0.29, 0.717) is 0 Å².